The van der Waals surface area contributed by atoms with Gasteiger partial charge in [-0.15, -0.1) is 0 Å². The number of carbonyl (C=O) groups is 3. The van der Waals surface area contributed by atoms with Crippen LogP contribution in [0.5, 0.6) is 0 Å². The molecule has 146 valence electrons. The van der Waals surface area contributed by atoms with Gasteiger partial charge in [0.25, 0.3) is 17.5 Å². The lowest BCUT2D eigenvalue weighted by molar-refractivity contribution is -0.200. The molecule has 2 aromatic carbocycles. The molecule has 0 spiro atoms. The van der Waals surface area contributed by atoms with Crippen molar-refractivity contribution < 1.29 is 27.6 Å². The van der Waals surface area contributed by atoms with Gasteiger partial charge in [0.2, 0.25) is 0 Å². The Morgan fingerprint density at radius 3 is 2.14 bits per heavy atom. The van der Waals surface area contributed by atoms with Crippen molar-refractivity contribution in [2.45, 2.75) is 18.3 Å². The molecule has 3 rings (SSSR count). The average Bonchev–Trinajstić information content (AvgIpc) is 2.92. The van der Waals surface area contributed by atoms with E-state index in [-0.39, 0.29) is 18.5 Å². The van der Waals surface area contributed by atoms with Crippen molar-refractivity contribution in [3.63, 3.8) is 0 Å². The Labute approximate surface area is 158 Å². The van der Waals surface area contributed by atoms with Crippen LogP contribution in [0.4, 0.5) is 18.0 Å². The zero-order chi connectivity index (χ0) is 20.4. The SMILES string of the molecule is O=C(N[C@]1(C(F)(F)F)NC(=O)N(CCc2ccccc2)C1=O)c1ccccc1. The maximum absolute atomic E-state index is 13.8. The van der Waals surface area contributed by atoms with Crippen molar-refractivity contribution in [3.8, 4) is 0 Å². The van der Waals surface area contributed by atoms with Crippen LogP contribution >= 0.6 is 0 Å². The monoisotopic (exact) mass is 391 g/mol. The molecular formula is C19H16F3N3O3. The maximum Gasteiger partial charge on any atom is 0.440 e. The molecule has 4 amide bonds. The quantitative estimate of drug-likeness (QED) is 0.769. The lowest BCUT2D eigenvalue weighted by atomic mass is 10.1. The number of rotatable bonds is 5. The molecule has 0 saturated carbocycles. The number of imide groups is 1. The van der Waals surface area contributed by atoms with E-state index in [1.165, 1.54) is 24.3 Å². The van der Waals surface area contributed by atoms with E-state index in [9.17, 15) is 27.6 Å². The molecule has 9 heteroatoms. The van der Waals surface area contributed by atoms with E-state index in [0.717, 1.165) is 5.56 Å². The molecule has 0 aromatic heterocycles. The average molecular weight is 391 g/mol. The number of hydrogen-bond acceptors (Lipinski definition) is 3. The summed E-state index contributed by atoms with van der Waals surface area (Å²) in [4.78, 5) is 37.4. The van der Waals surface area contributed by atoms with Crippen molar-refractivity contribution in [2.75, 3.05) is 6.54 Å². The van der Waals surface area contributed by atoms with Crippen molar-refractivity contribution in [1.29, 1.82) is 0 Å². The Bertz CT molecular complexity index is 888. The van der Waals surface area contributed by atoms with E-state index in [2.05, 4.69) is 0 Å². The Balaban J connectivity index is 1.84. The van der Waals surface area contributed by atoms with Crippen LogP contribution in [0.25, 0.3) is 0 Å². The number of alkyl halides is 3. The molecule has 2 aromatic rings. The Hall–Kier alpha value is -3.36. The van der Waals surface area contributed by atoms with Crippen LogP contribution in [-0.2, 0) is 11.2 Å². The van der Waals surface area contributed by atoms with Crippen molar-refractivity contribution in [3.05, 3.63) is 71.8 Å². The second-order valence-corrected chi connectivity index (χ2v) is 6.19. The first-order chi connectivity index (χ1) is 13.2. The molecule has 6 nitrogen and oxygen atoms in total. The van der Waals surface area contributed by atoms with Crippen molar-refractivity contribution in [1.82, 2.24) is 15.5 Å². The number of halogens is 3. The molecular weight excluding hydrogens is 375 g/mol. The van der Waals surface area contributed by atoms with Crippen LogP contribution in [0.2, 0.25) is 0 Å². The van der Waals surface area contributed by atoms with Crippen LogP contribution in [0.3, 0.4) is 0 Å². The smallest absolute Gasteiger partial charge is 0.314 e. The van der Waals surface area contributed by atoms with E-state index in [0.29, 0.717) is 4.90 Å². The van der Waals surface area contributed by atoms with Crippen LogP contribution in [0, 0.1) is 0 Å². The van der Waals surface area contributed by atoms with Crippen LogP contribution in [0.1, 0.15) is 15.9 Å². The zero-order valence-electron chi connectivity index (χ0n) is 14.5. The summed E-state index contributed by atoms with van der Waals surface area (Å²) in [6.07, 6.45) is -5.05. The molecule has 1 heterocycles. The summed E-state index contributed by atoms with van der Waals surface area (Å²) < 4.78 is 41.3. The summed E-state index contributed by atoms with van der Waals surface area (Å²) >= 11 is 0. The number of benzene rings is 2. The largest absolute Gasteiger partial charge is 0.440 e. The molecule has 0 radical (unpaired) electrons. The maximum atomic E-state index is 13.8. The molecule has 1 aliphatic heterocycles. The fourth-order valence-corrected chi connectivity index (χ4v) is 2.84. The standard InChI is InChI=1S/C19H16F3N3O3/c20-19(21,22)18(23-15(26)14-9-5-2-6-10-14)16(27)25(17(28)24-18)12-11-13-7-3-1-4-8-13/h1-10H,11-12H2,(H,23,26)(H,24,28)/t18-/m0/s1. The minimum atomic E-state index is -5.23. The van der Waals surface area contributed by atoms with Gasteiger partial charge >= 0.3 is 12.2 Å². The van der Waals surface area contributed by atoms with E-state index >= 15 is 0 Å². The van der Waals surface area contributed by atoms with Gasteiger partial charge in [0.15, 0.2) is 0 Å². The number of amides is 4. The predicted molar refractivity (Wildman–Crippen MR) is 93.1 cm³/mol. The third-order valence-electron chi connectivity index (χ3n) is 4.33. The molecule has 1 fully saturated rings. The summed E-state index contributed by atoms with van der Waals surface area (Å²) in [6.45, 7) is -0.256. The third kappa shape index (κ3) is 3.55. The lowest BCUT2D eigenvalue weighted by Gasteiger charge is -2.29. The van der Waals surface area contributed by atoms with Gasteiger partial charge in [-0.25, -0.2) is 4.79 Å². The molecule has 1 atom stereocenters. The minimum absolute atomic E-state index is 0.0732. The van der Waals surface area contributed by atoms with Gasteiger partial charge in [0.05, 0.1) is 0 Å². The van der Waals surface area contributed by atoms with E-state index in [1.54, 1.807) is 47.0 Å². The number of hydrogen-bond donors (Lipinski definition) is 2. The Kier molecular flexibility index (Phi) is 5.08. The van der Waals surface area contributed by atoms with E-state index < -0.39 is 29.7 Å². The van der Waals surface area contributed by atoms with Gasteiger partial charge < -0.3 is 5.32 Å². The highest BCUT2D eigenvalue weighted by Crippen LogP contribution is 2.34. The highest BCUT2D eigenvalue weighted by molar-refractivity contribution is 6.10. The summed E-state index contributed by atoms with van der Waals surface area (Å²) in [5.41, 5.74) is -2.83. The zero-order valence-corrected chi connectivity index (χ0v) is 14.5. The predicted octanol–water partition coefficient (Wildman–Crippen LogP) is 2.47. The first-order valence-corrected chi connectivity index (χ1v) is 8.37. The van der Waals surface area contributed by atoms with Crippen LogP contribution in [0.15, 0.2) is 60.7 Å². The summed E-state index contributed by atoms with van der Waals surface area (Å²) in [5, 5.41) is 3.29. The number of nitrogens with zero attached hydrogens (tertiary/aromatic N) is 1. The Morgan fingerprint density at radius 1 is 1.00 bits per heavy atom. The summed E-state index contributed by atoms with van der Waals surface area (Å²) in [7, 11) is 0. The van der Waals surface area contributed by atoms with Gasteiger partial charge in [0.1, 0.15) is 0 Å². The topological polar surface area (TPSA) is 78.5 Å². The van der Waals surface area contributed by atoms with Gasteiger partial charge in [-0.1, -0.05) is 48.5 Å². The second-order valence-electron chi connectivity index (χ2n) is 6.19. The van der Waals surface area contributed by atoms with Crippen LogP contribution < -0.4 is 10.6 Å². The molecule has 2 N–H and O–H groups in total. The van der Waals surface area contributed by atoms with Gasteiger partial charge in [0, 0.05) is 12.1 Å². The van der Waals surface area contributed by atoms with Gasteiger partial charge in [-0.05, 0) is 24.1 Å². The second kappa shape index (κ2) is 7.34. The van der Waals surface area contributed by atoms with Gasteiger partial charge in [-0.2, -0.15) is 13.2 Å². The molecule has 28 heavy (non-hydrogen) atoms. The van der Waals surface area contributed by atoms with Gasteiger partial charge in [-0.3, -0.25) is 19.8 Å². The normalized spacial score (nSPS) is 19.5. The fourth-order valence-electron chi connectivity index (χ4n) is 2.84. The first-order valence-electron chi connectivity index (χ1n) is 8.37. The first kappa shape index (κ1) is 19.4. The highest BCUT2D eigenvalue weighted by atomic mass is 19.4. The number of urea groups is 1. The molecule has 0 bridgehead atoms. The Morgan fingerprint density at radius 2 is 1.57 bits per heavy atom. The number of carbonyl (C=O) groups excluding carboxylic acids is 3. The summed E-state index contributed by atoms with van der Waals surface area (Å²) in [6, 6.07) is 14.6. The van der Waals surface area contributed by atoms with E-state index in [1.807, 2.05) is 0 Å². The fraction of sp³-hybridized carbons (Fsp3) is 0.211. The van der Waals surface area contributed by atoms with Crippen molar-refractivity contribution >= 4 is 17.8 Å². The van der Waals surface area contributed by atoms with Crippen LogP contribution in [-0.4, -0.2) is 41.1 Å². The number of nitrogens with one attached hydrogen (secondary N) is 2. The molecule has 1 aliphatic rings. The minimum Gasteiger partial charge on any atom is -0.314 e. The highest BCUT2D eigenvalue weighted by Gasteiger charge is 2.68. The summed E-state index contributed by atoms with van der Waals surface area (Å²) in [5.74, 6) is -2.69. The lowest BCUT2D eigenvalue weighted by Crippen LogP contribution is -2.69. The molecule has 1 saturated heterocycles. The van der Waals surface area contributed by atoms with E-state index in [4.69, 9.17) is 0 Å². The van der Waals surface area contributed by atoms with Crippen molar-refractivity contribution in [2.24, 2.45) is 0 Å². The third-order valence-corrected chi connectivity index (χ3v) is 4.33. The molecule has 0 aliphatic carbocycles. The molecule has 0 unspecified atom stereocenters.